The molecule has 0 aromatic heterocycles. The summed E-state index contributed by atoms with van der Waals surface area (Å²) in [5.41, 5.74) is 7.43. The van der Waals surface area contributed by atoms with Crippen LogP contribution in [0, 0.1) is 5.92 Å². The van der Waals surface area contributed by atoms with Gasteiger partial charge >= 0.3 is 0 Å². The molecule has 0 saturated heterocycles. The summed E-state index contributed by atoms with van der Waals surface area (Å²) in [6, 6.07) is 8.34. The number of benzene rings is 1. The van der Waals surface area contributed by atoms with Crippen molar-refractivity contribution in [2.24, 2.45) is 11.7 Å². The molecule has 0 saturated carbocycles. The molecule has 0 aliphatic carbocycles. The van der Waals surface area contributed by atoms with Crippen LogP contribution >= 0.6 is 15.9 Å². The van der Waals surface area contributed by atoms with Crippen LogP contribution in [0.5, 0.6) is 0 Å². The number of nitrogens with two attached hydrogens (primary N) is 1. The highest BCUT2D eigenvalue weighted by molar-refractivity contribution is 9.10. The van der Waals surface area contributed by atoms with E-state index >= 15 is 0 Å². The van der Waals surface area contributed by atoms with Gasteiger partial charge in [-0.05, 0) is 37.0 Å². The van der Waals surface area contributed by atoms with E-state index in [1.165, 1.54) is 18.4 Å². The molecule has 0 amide bonds. The zero-order chi connectivity index (χ0) is 12.2. The van der Waals surface area contributed by atoms with Crippen molar-refractivity contribution in [2.45, 2.75) is 45.6 Å². The first kappa shape index (κ1) is 13.7. The molecule has 90 valence electrons. The van der Waals surface area contributed by atoms with E-state index < -0.39 is 0 Å². The van der Waals surface area contributed by atoms with Gasteiger partial charge < -0.3 is 5.73 Å². The average molecular weight is 284 g/mol. The molecule has 1 rings (SSSR count). The second-order valence-electron chi connectivity index (χ2n) is 4.81. The average Bonchev–Trinajstić information content (AvgIpc) is 2.26. The lowest BCUT2D eigenvalue weighted by Gasteiger charge is -2.29. The van der Waals surface area contributed by atoms with Crippen molar-refractivity contribution in [3.8, 4) is 0 Å². The maximum Gasteiger partial charge on any atom is 0.0384 e. The molecule has 0 fully saturated rings. The maximum atomic E-state index is 6.44. The van der Waals surface area contributed by atoms with E-state index in [0.29, 0.717) is 5.92 Å². The SMILES string of the molecule is CCC(CC)CC(C)(N)c1cccc(Br)c1. The Balaban J connectivity index is 2.84. The highest BCUT2D eigenvalue weighted by Crippen LogP contribution is 2.30. The Morgan fingerprint density at radius 3 is 2.44 bits per heavy atom. The van der Waals surface area contributed by atoms with Gasteiger partial charge in [0.1, 0.15) is 0 Å². The lowest BCUT2D eigenvalue weighted by atomic mass is 9.82. The summed E-state index contributed by atoms with van der Waals surface area (Å²) in [6.07, 6.45) is 3.46. The highest BCUT2D eigenvalue weighted by Gasteiger charge is 2.24. The van der Waals surface area contributed by atoms with Gasteiger partial charge in [0.05, 0.1) is 0 Å². The Morgan fingerprint density at radius 1 is 1.31 bits per heavy atom. The summed E-state index contributed by atoms with van der Waals surface area (Å²) >= 11 is 3.50. The smallest absolute Gasteiger partial charge is 0.0384 e. The zero-order valence-corrected chi connectivity index (χ0v) is 12.0. The van der Waals surface area contributed by atoms with E-state index in [0.717, 1.165) is 10.9 Å². The number of hydrogen-bond donors (Lipinski definition) is 1. The fraction of sp³-hybridized carbons (Fsp3) is 0.571. The standard InChI is InChI=1S/C14H22BrN/c1-4-11(5-2)10-14(3,16)12-7-6-8-13(15)9-12/h6-9,11H,4-5,10,16H2,1-3H3. The zero-order valence-electron chi connectivity index (χ0n) is 10.5. The fourth-order valence-corrected chi connectivity index (χ4v) is 2.54. The topological polar surface area (TPSA) is 26.0 Å². The van der Waals surface area contributed by atoms with E-state index in [-0.39, 0.29) is 5.54 Å². The van der Waals surface area contributed by atoms with Gasteiger partial charge in [0.25, 0.3) is 0 Å². The van der Waals surface area contributed by atoms with Crippen molar-refractivity contribution >= 4 is 15.9 Å². The minimum atomic E-state index is -0.222. The molecule has 0 heterocycles. The van der Waals surface area contributed by atoms with Crippen LogP contribution in [0.2, 0.25) is 0 Å². The second-order valence-corrected chi connectivity index (χ2v) is 5.73. The molecule has 1 aromatic carbocycles. The molecular formula is C14H22BrN. The van der Waals surface area contributed by atoms with E-state index in [4.69, 9.17) is 5.73 Å². The number of hydrogen-bond acceptors (Lipinski definition) is 1. The van der Waals surface area contributed by atoms with Gasteiger partial charge in [-0.1, -0.05) is 54.8 Å². The summed E-state index contributed by atoms with van der Waals surface area (Å²) in [6.45, 7) is 6.61. The second kappa shape index (κ2) is 5.83. The number of rotatable bonds is 5. The highest BCUT2D eigenvalue weighted by atomic mass is 79.9. The predicted octanol–water partition coefficient (Wildman–Crippen LogP) is 4.45. The molecule has 1 aromatic rings. The van der Waals surface area contributed by atoms with Gasteiger partial charge in [0.2, 0.25) is 0 Å². The molecule has 1 atom stereocenters. The van der Waals surface area contributed by atoms with Gasteiger partial charge in [0, 0.05) is 10.0 Å². The normalized spacial score (nSPS) is 15.1. The largest absolute Gasteiger partial charge is 0.322 e. The first-order valence-electron chi connectivity index (χ1n) is 6.04. The van der Waals surface area contributed by atoms with Gasteiger partial charge in [-0.25, -0.2) is 0 Å². The third-order valence-corrected chi connectivity index (χ3v) is 3.84. The quantitative estimate of drug-likeness (QED) is 0.849. The third-order valence-electron chi connectivity index (χ3n) is 3.35. The molecule has 1 unspecified atom stereocenters. The van der Waals surface area contributed by atoms with Crippen LogP contribution in [0.4, 0.5) is 0 Å². The van der Waals surface area contributed by atoms with Gasteiger partial charge in [-0.2, -0.15) is 0 Å². The molecule has 0 aliphatic heterocycles. The first-order valence-corrected chi connectivity index (χ1v) is 6.83. The fourth-order valence-electron chi connectivity index (χ4n) is 2.14. The Bertz CT molecular complexity index is 329. The van der Waals surface area contributed by atoms with Gasteiger partial charge in [0.15, 0.2) is 0 Å². The molecule has 16 heavy (non-hydrogen) atoms. The van der Waals surface area contributed by atoms with E-state index in [9.17, 15) is 0 Å². The summed E-state index contributed by atoms with van der Waals surface area (Å²) in [5, 5.41) is 0. The lowest BCUT2D eigenvalue weighted by Crippen LogP contribution is -2.35. The molecule has 0 radical (unpaired) electrons. The molecular weight excluding hydrogens is 262 g/mol. The van der Waals surface area contributed by atoms with Crippen molar-refractivity contribution in [3.63, 3.8) is 0 Å². The predicted molar refractivity (Wildman–Crippen MR) is 74.4 cm³/mol. The minimum absolute atomic E-state index is 0.222. The first-order chi connectivity index (χ1) is 7.49. The molecule has 0 spiro atoms. The van der Waals surface area contributed by atoms with Crippen molar-refractivity contribution < 1.29 is 0 Å². The summed E-state index contributed by atoms with van der Waals surface area (Å²) < 4.78 is 1.10. The van der Waals surface area contributed by atoms with Crippen LogP contribution in [-0.2, 0) is 5.54 Å². The molecule has 2 heteroatoms. The van der Waals surface area contributed by atoms with Crippen LogP contribution in [0.3, 0.4) is 0 Å². The van der Waals surface area contributed by atoms with Crippen LogP contribution in [0.1, 0.15) is 45.6 Å². The van der Waals surface area contributed by atoms with Crippen LogP contribution in [-0.4, -0.2) is 0 Å². The van der Waals surface area contributed by atoms with Gasteiger partial charge in [-0.3, -0.25) is 0 Å². The molecule has 0 bridgehead atoms. The molecule has 0 aliphatic rings. The minimum Gasteiger partial charge on any atom is -0.322 e. The Kier molecular flexibility index (Phi) is 5.00. The number of halogens is 1. The maximum absolute atomic E-state index is 6.44. The Hall–Kier alpha value is -0.340. The Labute approximate surface area is 108 Å². The summed E-state index contributed by atoms with van der Waals surface area (Å²) in [7, 11) is 0. The Morgan fingerprint density at radius 2 is 1.94 bits per heavy atom. The van der Waals surface area contributed by atoms with E-state index in [1.54, 1.807) is 0 Å². The van der Waals surface area contributed by atoms with Crippen molar-refractivity contribution in [2.75, 3.05) is 0 Å². The van der Waals surface area contributed by atoms with Crippen LogP contribution in [0.15, 0.2) is 28.7 Å². The van der Waals surface area contributed by atoms with Gasteiger partial charge in [-0.15, -0.1) is 0 Å². The van der Waals surface area contributed by atoms with Crippen LogP contribution < -0.4 is 5.73 Å². The monoisotopic (exact) mass is 283 g/mol. The lowest BCUT2D eigenvalue weighted by molar-refractivity contribution is 0.329. The molecule has 1 nitrogen and oxygen atoms in total. The summed E-state index contributed by atoms with van der Waals surface area (Å²) in [4.78, 5) is 0. The van der Waals surface area contributed by atoms with Crippen LogP contribution in [0.25, 0.3) is 0 Å². The van der Waals surface area contributed by atoms with Crippen molar-refractivity contribution in [1.29, 1.82) is 0 Å². The van der Waals surface area contributed by atoms with E-state index in [1.807, 2.05) is 6.07 Å². The third kappa shape index (κ3) is 3.60. The van der Waals surface area contributed by atoms with Crippen molar-refractivity contribution in [1.82, 2.24) is 0 Å². The van der Waals surface area contributed by atoms with Crippen molar-refractivity contribution in [3.05, 3.63) is 34.3 Å². The van der Waals surface area contributed by atoms with E-state index in [2.05, 4.69) is 54.9 Å². The molecule has 2 N–H and O–H groups in total. The summed E-state index contributed by atoms with van der Waals surface area (Å²) in [5.74, 6) is 0.717.